The Balaban J connectivity index is 0.00000147. The molecule has 2 aliphatic rings. The number of fused-ring (bicyclic) bond motifs is 1. The second kappa shape index (κ2) is 7.09. The van der Waals surface area contributed by atoms with Gasteiger partial charge < -0.3 is 10.6 Å². The number of hydrogen-bond acceptors (Lipinski definition) is 2. The highest BCUT2D eigenvalue weighted by atomic mass is 35.5. The molecule has 1 aliphatic carbocycles. The SMILES string of the molecule is Cl.O=C(NC1CCCCCC1)c1ccc2c(c1)CNC2. The first-order valence-electron chi connectivity index (χ1n) is 7.46. The molecule has 1 aromatic carbocycles. The van der Waals surface area contributed by atoms with Crippen LogP contribution in [0.1, 0.15) is 60.0 Å². The molecule has 3 rings (SSSR count). The standard InChI is InChI=1S/C16H22N2O.ClH/c19-16(18-15-5-3-1-2-4-6-15)12-7-8-13-10-17-11-14(13)9-12;/h7-9,15,17H,1-6,10-11H2,(H,18,19);1H. The van der Waals surface area contributed by atoms with Crippen LogP contribution in [-0.4, -0.2) is 11.9 Å². The van der Waals surface area contributed by atoms with Crippen molar-refractivity contribution in [2.45, 2.75) is 57.7 Å². The summed E-state index contributed by atoms with van der Waals surface area (Å²) in [4.78, 5) is 12.3. The zero-order valence-corrected chi connectivity index (χ0v) is 12.6. The van der Waals surface area contributed by atoms with Crippen molar-refractivity contribution >= 4 is 18.3 Å². The minimum absolute atomic E-state index is 0. The van der Waals surface area contributed by atoms with E-state index in [1.807, 2.05) is 12.1 Å². The summed E-state index contributed by atoms with van der Waals surface area (Å²) in [6, 6.07) is 6.46. The molecule has 0 aromatic heterocycles. The topological polar surface area (TPSA) is 41.1 Å². The first kappa shape index (κ1) is 15.3. The Morgan fingerprint density at radius 1 is 1.05 bits per heavy atom. The van der Waals surface area contributed by atoms with E-state index >= 15 is 0 Å². The van der Waals surface area contributed by atoms with Gasteiger partial charge in [0.05, 0.1) is 0 Å². The predicted molar refractivity (Wildman–Crippen MR) is 83.2 cm³/mol. The number of rotatable bonds is 2. The van der Waals surface area contributed by atoms with Gasteiger partial charge in [-0.1, -0.05) is 31.7 Å². The summed E-state index contributed by atoms with van der Waals surface area (Å²) >= 11 is 0. The zero-order valence-electron chi connectivity index (χ0n) is 11.8. The van der Waals surface area contributed by atoms with E-state index in [4.69, 9.17) is 0 Å². The van der Waals surface area contributed by atoms with Crippen LogP contribution in [0.3, 0.4) is 0 Å². The van der Waals surface area contributed by atoms with Crippen LogP contribution in [0.15, 0.2) is 18.2 Å². The molecule has 1 amide bonds. The Kier molecular flexibility index (Phi) is 5.44. The first-order valence-corrected chi connectivity index (χ1v) is 7.46. The fraction of sp³-hybridized carbons (Fsp3) is 0.562. The molecule has 20 heavy (non-hydrogen) atoms. The van der Waals surface area contributed by atoms with Gasteiger partial charge in [0.25, 0.3) is 5.91 Å². The van der Waals surface area contributed by atoms with E-state index in [2.05, 4.69) is 16.7 Å². The summed E-state index contributed by atoms with van der Waals surface area (Å²) in [5, 5.41) is 6.52. The van der Waals surface area contributed by atoms with Gasteiger partial charge in [0.1, 0.15) is 0 Å². The lowest BCUT2D eigenvalue weighted by atomic mass is 10.0. The maximum Gasteiger partial charge on any atom is 0.251 e. The van der Waals surface area contributed by atoms with Gasteiger partial charge in [-0.15, -0.1) is 12.4 Å². The Labute approximate surface area is 126 Å². The Morgan fingerprint density at radius 3 is 2.50 bits per heavy atom. The monoisotopic (exact) mass is 294 g/mol. The fourth-order valence-electron chi connectivity index (χ4n) is 3.13. The maximum atomic E-state index is 12.3. The van der Waals surface area contributed by atoms with Crippen LogP contribution in [0.5, 0.6) is 0 Å². The van der Waals surface area contributed by atoms with Crippen molar-refractivity contribution in [2.24, 2.45) is 0 Å². The van der Waals surface area contributed by atoms with E-state index in [0.29, 0.717) is 6.04 Å². The van der Waals surface area contributed by atoms with E-state index in [1.165, 1.54) is 36.8 Å². The third kappa shape index (κ3) is 3.53. The highest BCUT2D eigenvalue weighted by Gasteiger charge is 2.17. The summed E-state index contributed by atoms with van der Waals surface area (Å²) in [6.45, 7) is 1.82. The van der Waals surface area contributed by atoms with Crippen molar-refractivity contribution in [3.8, 4) is 0 Å². The quantitative estimate of drug-likeness (QED) is 0.823. The second-order valence-corrected chi connectivity index (χ2v) is 5.75. The van der Waals surface area contributed by atoms with Crippen molar-refractivity contribution < 1.29 is 4.79 Å². The molecule has 110 valence electrons. The molecule has 0 unspecified atom stereocenters. The van der Waals surface area contributed by atoms with Gasteiger partial charge >= 0.3 is 0 Å². The highest BCUT2D eigenvalue weighted by Crippen LogP contribution is 2.19. The first-order chi connectivity index (χ1) is 9.33. The van der Waals surface area contributed by atoms with Crippen LogP contribution in [0, 0.1) is 0 Å². The van der Waals surface area contributed by atoms with E-state index in [1.54, 1.807) is 0 Å². The number of benzene rings is 1. The molecule has 3 nitrogen and oxygen atoms in total. The van der Waals surface area contributed by atoms with Crippen LogP contribution >= 0.6 is 12.4 Å². The lowest BCUT2D eigenvalue weighted by molar-refractivity contribution is 0.0933. The number of carbonyl (C=O) groups is 1. The van der Waals surface area contributed by atoms with Gasteiger partial charge in [0.2, 0.25) is 0 Å². The summed E-state index contributed by atoms with van der Waals surface area (Å²) < 4.78 is 0. The van der Waals surface area contributed by atoms with Gasteiger partial charge in [0, 0.05) is 24.7 Å². The zero-order chi connectivity index (χ0) is 13.1. The third-order valence-electron chi connectivity index (χ3n) is 4.29. The molecule has 1 fully saturated rings. The molecule has 0 bridgehead atoms. The molecule has 1 aromatic rings. The van der Waals surface area contributed by atoms with Crippen LogP contribution in [0.25, 0.3) is 0 Å². The molecule has 1 saturated carbocycles. The number of halogens is 1. The Morgan fingerprint density at radius 2 is 1.75 bits per heavy atom. The molecule has 4 heteroatoms. The number of carbonyl (C=O) groups excluding carboxylic acids is 1. The minimum atomic E-state index is 0. The number of nitrogens with one attached hydrogen (secondary N) is 2. The van der Waals surface area contributed by atoms with E-state index < -0.39 is 0 Å². The molecule has 2 N–H and O–H groups in total. The summed E-state index contributed by atoms with van der Waals surface area (Å²) in [6.07, 6.45) is 7.41. The summed E-state index contributed by atoms with van der Waals surface area (Å²) in [5.74, 6) is 0.0987. The Bertz CT molecular complexity index is 468. The van der Waals surface area contributed by atoms with Crippen LogP contribution in [0.4, 0.5) is 0 Å². The van der Waals surface area contributed by atoms with Crippen LogP contribution in [0.2, 0.25) is 0 Å². The Hall–Kier alpha value is -1.06. The largest absolute Gasteiger partial charge is 0.349 e. The van der Waals surface area contributed by atoms with Crippen molar-refractivity contribution in [1.82, 2.24) is 10.6 Å². The molecular formula is C16H23ClN2O. The van der Waals surface area contributed by atoms with Gasteiger partial charge in [0.15, 0.2) is 0 Å². The lowest BCUT2D eigenvalue weighted by Gasteiger charge is -2.16. The van der Waals surface area contributed by atoms with Crippen molar-refractivity contribution in [1.29, 1.82) is 0 Å². The number of hydrogen-bond donors (Lipinski definition) is 2. The molecule has 0 saturated heterocycles. The van der Waals surface area contributed by atoms with Crippen molar-refractivity contribution in [2.75, 3.05) is 0 Å². The average molecular weight is 295 g/mol. The average Bonchev–Trinajstić information content (AvgIpc) is 2.75. The number of amides is 1. The van der Waals surface area contributed by atoms with Gasteiger partial charge in [-0.3, -0.25) is 4.79 Å². The molecular weight excluding hydrogens is 272 g/mol. The predicted octanol–water partition coefficient (Wildman–Crippen LogP) is 3.16. The minimum Gasteiger partial charge on any atom is -0.349 e. The van der Waals surface area contributed by atoms with E-state index in [0.717, 1.165) is 31.5 Å². The molecule has 0 radical (unpaired) electrons. The van der Waals surface area contributed by atoms with Crippen LogP contribution < -0.4 is 10.6 Å². The van der Waals surface area contributed by atoms with Gasteiger partial charge in [-0.2, -0.15) is 0 Å². The van der Waals surface area contributed by atoms with Crippen molar-refractivity contribution in [3.05, 3.63) is 34.9 Å². The normalized spacial score (nSPS) is 18.8. The van der Waals surface area contributed by atoms with E-state index in [9.17, 15) is 4.79 Å². The van der Waals surface area contributed by atoms with Gasteiger partial charge in [-0.05, 0) is 36.1 Å². The second-order valence-electron chi connectivity index (χ2n) is 5.75. The fourth-order valence-corrected chi connectivity index (χ4v) is 3.13. The maximum absolute atomic E-state index is 12.3. The molecule has 1 aliphatic heterocycles. The molecule has 0 atom stereocenters. The van der Waals surface area contributed by atoms with Gasteiger partial charge in [-0.25, -0.2) is 0 Å². The highest BCUT2D eigenvalue weighted by molar-refractivity contribution is 5.94. The van der Waals surface area contributed by atoms with Crippen molar-refractivity contribution in [3.63, 3.8) is 0 Å². The van der Waals surface area contributed by atoms with E-state index in [-0.39, 0.29) is 18.3 Å². The summed E-state index contributed by atoms with van der Waals surface area (Å²) in [7, 11) is 0. The van der Waals surface area contributed by atoms with Crippen LogP contribution in [-0.2, 0) is 13.1 Å². The smallest absolute Gasteiger partial charge is 0.251 e. The lowest BCUT2D eigenvalue weighted by Crippen LogP contribution is -2.34. The third-order valence-corrected chi connectivity index (χ3v) is 4.29. The summed E-state index contributed by atoms with van der Waals surface area (Å²) in [5.41, 5.74) is 3.41. The molecule has 0 spiro atoms. The molecule has 1 heterocycles.